The fraction of sp³-hybridized carbons (Fsp3) is 0.529. The number of thiazole rings is 1. The lowest BCUT2D eigenvalue weighted by Gasteiger charge is -2.44. The molecule has 1 fully saturated rings. The van der Waals surface area contributed by atoms with Crippen molar-refractivity contribution in [2.75, 3.05) is 17.7 Å². The van der Waals surface area contributed by atoms with E-state index >= 15 is 0 Å². The van der Waals surface area contributed by atoms with E-state index in [9.17, 15) is 4.79 Å². The zero-order chi connectivity index (χ0) is 19.0. The number of ether oxygens (including phenoxy) is 1. The number of aliphatic imine (C=N–C) groups is 1. The summed E-state index contributed by atoms with van der Waals surface area (Å²) in [6.07, 6.45) is 1.80. The second-order valence-electron chi connectivity index (χ2n) is 6.77. The quantitative estimate of drug-likeness (QED) is 0.800. The maximum atomic E-state index is 12.3. The number of amidine groups is 1. The fourth-order valence-corrected chi connectivity index (χ4v) is 5.35. The molecule has 2 aliphatic heterocycles. The van der Waals surface area contributed by atoms with E-state index in [1.807, 2.05) is 12.3 Å². The van der Waals surface area contributed by atoms with E-state index in [1.165, 1.54) is 11.3 Å². The van der Waals surface area contributed by atoms with E-state index in [2.05, 4.69) is 22.4 Å². The second kappa shape index (κ2) is 7.25. The molecule has 0 saturated carbocycles. The summed E-state index contributed by atoms with van der Waals surface area (Å²) in [5.74, 6) is 1.46. The van der Waals surface area contributed by atoms with E-state index in [-0.39, 0.29) is 17.8 Å². The van der Waals surface area contributed by atoms with Gasteiger partial charge in [-0.15, -0.1) is 11.3 Å². The number of hydrogen-bond donors (Lipinski definition) is 2. The van der Waals surface area contributed by atoms with Gasteiger partial charge in [-0.05, 0) is 19.8 Å². The number of rotatable bonds is 4. The van der Waals surface area contributed by atoms with E-state index in [4.69, 9.17) is 20.0 Å². The SMILES string of the molecule is CCc1cc(C(=O)Nc2csc(C34COC(C)CC3CSC(N)=N4)n2)on1. The number of anilines is 1. The first-order valence-corrected chi connectivity index (χ1v) is 10.7. The van der Waals surface area contributed by atoms with E-state index in [0.29, 0.717) is 29.9 Å². The summed E-state index contributed by atoms with van der Waals surface area (Å²) in [6.45, 7) is 4.47. The second-order valence-corrected chi connectivity index (χ2v) is 8.67. The van der Waals surface area contributed by atoms with Gasteiger partial charge < -0.3 is 20.3 Å². The Bertz CT molecular complexity index is 880. The lowest BCUT2D eigenvalue weighted by molar-refractivity contribution is -0.0466. The molecule has 10 heteroatoms. The highest BCUT2D eigenvalue weighted by Crippen LogP contribution is 2.47. The van der Waals surface area contributed by atoms with Gasteiger partial charge in [0.1, 0.15) is 16.4 Å². The number of nitrogens with two attached hydrogens (primary N) is 1. The van der Waals surface area contributed by atoms with Gasteiger partial charge in [-0.2, -0.15) is 0 Å². The van der Waals surface area contributed by atoms with Gasteiger partial charge in [-0.1, -0.05) is 23.8 Å². The van der Waals surface area contributed by atoms with Gasteiger partial charge in [-0.3, -0.25) is 4.79 Å². The van der Waals surface area contributed by atoms with Crippen LogP contribution in [0, 0.1) is 5.92 Å². The molecule has 0 radical (unpaired) electrons. The molecule has 0 aromatic carbocycles. The Balaban J connectivity index is 1.57. The third-order valence-electron chi connectivity index (χ3n) is 4.88. The topological polar surface area (TPSA) is 116 Å². The van der Waals surface area contributed by atoms with Crippen LogP contribution in [-0.4, -0.2) is 39.7 Å². The molecule has 3 unspecified atom stereocenters. The highest BCUT2D eigenvalue weighted by atomic mass is 32.2. The number of nitrogens with one attached hydrogen (secondary N) is 1. The normalized spacial score (nSPS) is 27.7. The van der Waals surface area contributed by atoms with Crippen LogP contribution < -0.4 is 11.1 Å². The summed E-state index contributed by atoms with van der Waals surface area (Å²) in [5.41, 5.74) is 6.19. The molecule has 2 aromatic rings. The molecular formula is C17H21N5O3S2. The minimum Gasteiger partial charge on any atom is -0.379 e. The lowest BCUT2D eigenvalue weighted by Crippen LogP contribution is -2.49. The number of aryl methyl sites for hydroxylation is 1. The van der Waals surface area contributed by atoms with E-state index in [0.717, 1.165) is 22.9 Å². The van der Waals surface area contributed by atoms with Gasteiger partial charge >= 0.3 is 0 Å². The Morgan fingerprint density at radius 3 is 3.15 bits per heavy atom. The number of hydrogen-bond acceptors (Lipinski definition) is 9. The first-order chi connectivity index (χ1) is 13.0. The van der Waals surface area contributed by atoms with Crippen molar-refractivity contribution in [3.63, 3.8) is 0 Å². The Labute approximate surface area is 164 Å². The smallest absolute Gasteiger partial charge is 0.295 e. The van der Waals surface area contributed by atoms with Crippen molar-refractivity contribution in [2.24, 2.45) is 16.6 Å². The third-order valence-corrected chi connectivity index (χ3v) is 6.85. The van der Waals surface area contributed by atoms with Crippen molar-refractivity contribution < 1.29 is 14.1 Å². The van der Waals surface area contributed by atoms with Crippen LogP contribution in [0.25, 0.3) is 0 Å². The van der Waals surface area contributed by atoms with Gasteiger partial charge in [0, 0.05) is 23.1 Å². The van der Waals surface area contributed by atoms with Crippen LogP contribution >= 0.6 is 23.1 Å². The Hall–Kier alpha value is -1.91. The Morgan fingerprint density at radius 1 is 1.52 bits per heavy atom. The van der Waals surface area contributed by atoms with Gasteiger partial charge in [0.25, 0.3) is 5.91 Å². The van der Waals surface area contributed by atoms with Crippen molar-refractivity contribution in [3.8, 4) is 0 Å². The number of nitrogens with zero attached hydrogens (tertiary/aromatic N) is 3. The zero-order valence-corrected chi connectivity index (χ0v) is 16.7. The number of amides is 1. The molecule has 4 rings (SSSR count). The van der Waals surface area contributed by atoms with Gasteiger partial charge in [0.05, 0.1) is 18.4 Å². The number of aromatic nitrogens is 2. The number of thioether (sulfide) groups is 1. The highest BCUT2D eigenvalue weighted by molar-refractivity contribution is 8.13. The van der Waals surface area contributed by atoms with Gasteiger partial charge in [0.2, 0.25) is 5.76 Å². The molecule has 1 saturated heterocycles. The number of carbonyl (C=O) groups is 1. The first kappa shape index (κ1) is 18.5. The van der Waals surface area contributed by atoms with Crippen molar-refractivity contribution >= 4 is 40.0 Å². The zero-order valence-electron chi connectivity index (χ0n) is 15.1. The molecule has 1 amide bonds. The van der Waals surface area contributed by atoms with E-state index in [1.54, 1.807) is 17.8 Å². The van der Waals surface area contributed by atoms with Crippen molar-refractivity contribution in [3.05, 3.63) is 27.9 Å². The summed E-state index contributed by atoms with van der Waals surface area (Å²) in [7, 11) is 0. The van der Waals surface area contributed by atoms with Crippen LogP contribution in [0.5, 0.6) is 0 Å². The summed E-state index contributed by atoms with van der Waals surface area (Å²) >= 11 is 3.04. The minimum absolute atomic E-state index is 0.170. The van der Waals surface area contributed by atoms with Crippen LogP contribution in [0.15, 0.2) is 21.0 Å². The van der Waals surface area contributed by atoms with Gasteiger partial charge in [0.15, 0.2) is 5.17 Å². The molecule has 2 aromatic heterocycles. The molecule has 3 atom stereocenters. The van der Waals surface area contributed by atoms with Crippen molar-refractivity contribution in [1.29, 1.82) is 0 Å². The van der Waals surface area contributed by atoms with Crippen LogP contribution in [-0.2, 0) is 16.7 Å². The summed E-state index contributed by atoms with van der Waals surface area (Å²) < 4.78 is 11.0. The largest absolute Gasteiger partial charge is 0.379 e. The van der Waals surface area contributed by atoms with Crippen LogP contribution in [0.4, 0.5) is 5.82 Å². The first-order valence-electron chi connectivity index (χ1n) is 8.83. The third kappa shape index (κ3) is 3.48. The average molecular weight is 408 g/mol. The van der Waals surface area contributed by atoms with Crippen LogP contribution in [0.1, 0.15) is 41.5 Å². The van der Waals surface area contributed by atoms with Crippen LogP contribution in [0.3, 0.4) is 0 Å². The number of fused-ring (bicyclic) bond motifs is 1. The molecule has 2 aliphatic rings. The van der Waals surface area contributed by atoms with Crippen molar-refractivity contribution in [1.82, 2.24) is 10.1 Å². The molecular weight excluding hydrogens is 386 g/mol. The maximum absolute atomic E-state index is 12.3. The molecule has 8 nitrogen and oxygen atoms in total. The fourth-order valence-electron chi connectivity index (χ4n) is 3.37. The summed E-state index contributed by atoms with van der Waals surface area (Å²) in [5, 5.41) is 9.78. The lowest BCUT2D eigenvalue weighted by atomic mass is 9.80. The molecule has 0 spiro atoms. The van der Waals surface area contributed by atoms with Crippen LogP contribution in [0.2, 0.25) is 0 Å². The molecule has 0 aliphatic carbocycles. The molecule has 4 heterocycles. The van der Waals surface area contributed by atoms with Gasteiger partial charge in [-0.25, -0.2) is 9.98 Å². The highest BCUT2D eigenvalue weighted by Gasteiger charge is 2.49. The van der Waals surface area contributed by atoms with Crippen molar-refractivity contribution in [2.45, 2.75) is 38.3 Å². The Morgan fingerprint density at radius 2 is 2.37 bits per heavy atom. The molecule has 144 valence electrons. The summed E-state index contributed by atoms with van der Waals surface area (Å²) in [6, 6.07) is 1.64. The predicted octanol–water partition coefficient (Wildman–Crippen LogP) is 2.63. The van der Waals surface area contributed by atoms with E-state index < -0.39 is 5.54 Å². The average Bonchev–Trinajstić information content (AvgIpc) is 3.31. The molecule has 27 heavy (non-hydrogen) atoms. The standard InChI is InChI=1S/C17H21N5O3S2/c1-3-11-5-12(25-22-11)14(23)19-13-7-26-15(20-13)17-8-24-9(2)4-10(17)6-27-16(18)21-17/h5,7,9-10H,3-4,6,8H2,1-2H3,(H2,18,21)(H,19,23). The minimum atomic E-state index is -0.572. The number of carbonyl (C=O) groups excluding carboxylic acids is 1. The molecule has 0 bridgehead atoms. The summed E-state index contributed by atoms with van der Waals surface area (Å²) in [4.78, 5) is 21.7. The monoisotopic (exact) mass is 407 g/mol. The predicted molar refractivity (Wildman–Crippen MR) is 105 cm³/mol. The molecule has 3 N–H and O–H groups in total. The Kier molecular flexibility index (Phi) is 4.95. The maximum Gasteiger partial charge on any atom is 0.295 e.